The zero-order valence-electron chi connectivity index (χ0n) is 14.0. The van der Waals surface area contributed by atoms with Crippen molar-refractivity contribution in [1.29, 1.82) is 0 Å². The van der Waals surface area contributed by atoms with Gasteiger partial charge in [0.1, 0.15) is 0 Å². The zero-order valence-corrected chi connectivity index (χ0v) is 14.9. The fourth-order valence-corrected chi connectivity index (χ4v) is 3.57. The number of hydrogen-bond donors (Lipinski definition) is 1. The molecule has 0 aliphatic carbocycles. The largest absolute Gasteiger partial charge is 0.350 e. The van der Waals surface area contributed by atoms with Gasteiger partial charge in [-0.15, -0.1) is 11.3 Å². The van der Waals surface area contributed by atoms with Gasteiger partial charge in [0.25, 0.3) is 5.91 Å². The molecule has 0 saturated carbocycles. The number of nitrogens with zero attached hydrogens (tertiary/aromatic N) is 3. The van der Waals surface area contributed by atoms with Crippen molar-refractivity contribution in [2.24, 2.45) is 7.05 Å². The topological polar surface area (TPSA) is 59.8 Å². The third kappa shape index (κ3) is 3.54. The van der Waals surface area contributed by atoms with E-state index < -0.39 is 0 Å². The second-order valence-electron chi connectivity index (χ2n) is 5.72. The number of rotatable bonds is 5. The summed E-state index contributed by atoms with van der Waals surface area (Å²) in [5, 5.41) is 8.14. The quantitative estimate of drug-likeness (QED) is 0.776. The Bertz CT molecular complexity index is 851. The third-order valence-corrected chi connectivity index (χ3v) is 4.77. The minimum atomic E-state index is -0.135. The molecule has 0 fully saturated rings. The van der Waals surface area contributed by atoms with E-state index in [0.717, 1.165) is 28.2 Å². The molecule has 6 heteroatoms. The van der Waals surface area contributed by atoms with E-state index >= 15 is 0 Å². The Labute approximate surface area is 145 Å². The zero-order chi connectivity index (χ0) is 17.1. The monoisotopic (exact) mass is 340 g/mol. The Balaban J connectivity index is 1.62. The first kappa shape index (κ1) is 16.4. The van der Waals surface area contributed by atoms with Crippen LogP contribution in [0.2, 0.25) is 0 Å². The lowest BCUT2D eigenvalue weighted by Gasteiger charge is -2.02. The molecule has 0 atom stereocenters. The van der Waals surface area contributed by atoms with Crippen LogP contribution in [0.5, 0.6) is 0 Å². The molecule has 2 aromatic heterocycles. The molecule has 1 aromatic carbocycles. The Morgan fingerprint density at radius 1 is 1.25 bits per heavy atom. The predicted molar refractivity (Wildman–Crippen MR) is 96.3 cm³/mol. The number of thiazole rings is 1. The number of aryl methyl sites for hydroxylation is 3. The highest BCUT2D eigenvalue weighted by Gasteiger charge is 2.13. The first-order valence-corrected chi connectivity index (χ1v) is 8.66. The van der Waals surface area contributed by atoms with Crippen molar-refractivity contribution in [3.05, 3.63) is 57.7 Å². The molecule has 3 aromatic rings. The summed E-state index contributed by atoms with van der Waals surface area (Å²) in [5.41, 5.74) is 3.53. The SMILES string of the molecule is Cc1cn(C)nc1C(=O)NCCc1nc(-c2ccccc2)c(C)s1. The number of benzene rings is 1. The second-order valence-corrected chi connectivity index (χ2v) is 7.01. The molecule has 0 spiro atoms. The normalized spacial score (nSPS) is 10.8. The molecule has 1 N–H and O–H groups in total. The van der Waals surface area contributed by atoms with E-state index in [2.05, 4.69) is 29.5 Å². The molecule has 124 valence electrons. The van der Waals surface area contributed by atoms with Gasteiger partial charge in [0.15, 0.2) is 5.69 Å². The first-order chi connectivity index (χ1) is 11.5. The summed E-state index contributed by atoms with van der Waals surface area (Å²) in [6.07, 6.45) is 2.56. The van der Waals surface area contributed by atoms with Gasteiger partial charge in [-0.25, -0.2) is 4.98 Å². The van der Waals surface area contributed by atoms with Crippen LogP contribution in [0.25, 0.3) is 11.3 Å². The summed E-state index contributed by atoms with van der Waals surface area (Å²) in [4.78, 5) is 18.1. The summed E-state index contributed by atoms with van der Waals surface area (Å²) in [7, 11) is 1.81. The summed E-state index contributed by atoms with van der Waals surface area (Å²) >= 11 is 1.68. The average Bonchev–Trinajstić information content (AvgIpc) is 3.10. The predicted octanol–water partition coefficient (Wildman–Crippen LogP) is 3.13. The van der Waals surface area contributed by atoms with Crippen LogP contribution in [-0.2, 0) is 13.5 Å². The van der Waals surface area contributed by atoms with Crippen LogP contribution in [-0.4, -0.2) is 27.2 Å². The number of nitrogens with one attached hydrogen (secondary N) is 1. The number of carbonyl (C=O) groups excluding carboxylic acids is 1. The highest BCUT2D eigenvalue weighted by molar-refractivity contribution is 7.12. The lowest BCUT2D eigenvalue weighted by molar-refractivity contribution is 0.0948. The van der Waals surface area contributed by atoms with Gasteiger partial charge >= 0.3 is 0 Å². The molecule has 3 rings (SSSR count). The summed E-state index contributed by atoms with van der Waals surface area (Å²) in [6.45, 7) is 4.52. The summed E-state index contributed by atoms with van der Waals surface area (Å²) in [5.74, 6) is -0.135. The molecule has 0 bridgehead atoms. The lowest BCUT2D eigenvalue weighted by atomic mass is 10.1. The van der Waals surface area contributed by atoms with Crippen LogP contribution >= 0.6 is 11.3 Å². The van der Waals surface area contributed by atoms with Crippen LogP contribution in [0.15, 0.2) is 36.5 Å². The molecule has 0 saturated heterocycles. The van der Waals surface area contributed by atoms with Gasteiger partial charge in [0, 0.05) is 42.2 Å². The Morgan fingerprint density at radius 3 is 2.67 bits per heavy atom. The average molecular weight is 340 g/mol. The molecular weight excluding hydrogens is 320 g/mol. The van der Waals surface area contributed by atoms with Gasteiger partial charge < -0.3 is 5.32 Å². The molecule has 24 heavy (non-hydrogen) atoms. The minimum absolute atomic E-state index is 0.135. The molecule has 1 amide bonds. The third-order valence-electron chi connectivity index (χ3n) is 3.74. The van der Waals surface area contributed by atoms with Crippen molar-refractivity contribution in [3.8, 4) is 11.3 Å². The number of carbonyl (C=O) groups is 1. The van der Waals surface area contributed by atoms with E-state index in [1.807, 2.05) is 38.4 Å². The van der Waals surface area contributed by atoms with Gasteiger partial charge in [0.05, 0.1) is 10.7 Å². The molecular formula is C18H20N4OS. The second kappa shape index (κ2) is 6.97. The van der Waals surface area contributed by atoms with Crippen LogP contribution in [0.1, 0.15) is 25.9 Å². The van der Waals surface area contributed by atoms with Gasteiger partial charge in [-0.3, -0.25) is 9.48 Å². The Hall–Kier alpha value is -2.47. The van der Waals surface area contributed by atoms with Gasteiger partial charge in [-0.1, -0.05) is 30.3 Å². The summed E-state index contributed by atoms with van der Waals surface area (Å²) < 4.78 is 1.65. The van der Waals surface area contributed by atoms with Crippen molar-refractivity contribution in [3.63, 3.8) is 0 Å². The summed E-state index contributed by atoms with van der Waals surface area (Å²) in [6, 6.07) is 10.2. The van der Waals surface area contributed by atoms with Crippen LogP contribution in [0.4, 0.5) is 0 Å². The number of hydrogen-bond acceptors (Lipinski definition) is 4. The van der Waals surface area contributed by atoms with Crippen molar-refractivity contribution >= 4 is 17.2 Å². The maximum Gasteiger partial charge on any atom is 0.272 e. The number of aromatic nitrogens is 3. The van der Waals surface area contributed by atoms with Gasteiger partial charge in [0.2, 0.25) is 0 Å². The molecule has 0 aliphatic rings. The maximum absolute atomic E-state index is 12.2. The van der Waals surface area contributed by atoms with E-state index in [1.165, 1.54) is 4.88 Å². The van der Waals surface area contributed by atoms with E-state index in [1.54, 1.807) is 16.0 Å². The van der Waals surface area contributed by atoms with Gasteiger partial charge in [-0.2, -0.15) is 5.10 Å². The number of amides is 1. The highest BCUT2D eigenvalue weighted by Crippen LogP contribution is 2.27. The van der Waals surface area contributed by atoms with Crippen molar-refractivity contribution < 1.29 is 4.79 Å². The molecule has 5 nitrogen and oxygen atoms in total. The van der Waals surface area contributed by atoms with E-state index in [9.17, 15) is 4.79 Å². The van der Waals surface area contributed by atoms with Gasteiger partial charge in [-0.05, 0) is 13.8 Å². The van der Waals surface area contributed by atoms with E-state index in [4.69, 9.17) is 4.98 Å². The maximum atomic E-state index is 12.2. The van der Waals surface area contributed by atoms with Crippen molar-refractivity contribution in [2.45, 2.75) is 20.3 Å². The van der Waals surface area contributed by atoms with E-state index in [0.29, 0.717) is 12.2 Å². The fraction of sp³-hybridized carbons (Fsp3) is 0.278. The van der Waals surface area contributed by atoms with Crippen molar-refractivity contribution in [1.82, 2.24) is 20.1 Å². The molecule has 0 aliphatic heterocycles. The van der Waals surface area contributed by atoms with Crippen LogP contribution in [0.3, 0.4) is 0 Å². The molecule has 0 radical (unpaired) electrons. The standard InChI is InChI=1S/C18H20N4OS/c1-12-11-22(3)21-16(12)18(23)19-10-9-15-20-17(13(2)24-15)14-7-5-4-6-8-14/h4-8,11H,9-10H2,1-3H3,(H,19,23). The van der Waals surface area contributed by atoms with Crippen LogP contribution in [0, 0.1) is 13.8 Å². The molecule has 2 heterocycles. The Kier molecular flexibility index (Phi) is 4.76. The van der Waals surface area contributed by atoms with Crippen molar-refractivity contribution in [2.75, 3.05) is 6.54 Å². The smallest absolute Gasteiger partial charge is 0.272 e. The van der Waals surface area contributed by atoms with E-state index in [-0.39, 0.29) is 5.91 Å². The lowest BCUT2D eigenvalue weighted by Crippen LogP contribution is -2.26. The van der Waals surface area contributed by atoms with Crippen LogP contribution < -0.4 is 5.32 Å². The Morgan fingerprint density at radius 2 is 2.00 bits per heavy atom. The fourth-order valence-electron chi connectivity index (χ4n) is 2.62. The first-order valence-electron chi connectivity index (χ1n) is 7.85. The molecule has 0 unspecified atom stereocenters. The minimum Gasteiger partial charge on any atom is -0.350 e. The highest BCUT2D eigenvalue weighted by atomic mass is 32.1.